The molecule has 0 spiro atoms. The highest BCUT2D eigenvalue weighted by molar-refractivity contribution is 5.49. The molecule has 2 heteroatoms. The number of rotatable bonds is 4. The molecule has 126 valence electrons. The SMILES string of the molecule is c1ccc(C(c2ccccc2)(c2ccccc2)N2CC[NH2+]CC2)cc1. The minimum atomic E-state index is -0.238. The van der Waals surface area contributed by atoms with E-state index in [4.69, 9.17) is 0 Å². The predicted molar refractivity (Wildman–Crippen MR) is 102 cm³/mol. The summed E-state index contributed by atoms with van der Waals surface area (Å²) in [5, 5.41) is 2.42. The van der Waals surface area contributed by atoms with E-state index in [2.05, 4.69) is 101 Å². The van der Waals surface area contributed by atoms with E-state index in [9.17, 15) is 0 Å². The predicted octanol–water partition coefficient (Wildman–Crippen LogP) is 2.86. The molecule has 0 aromatic heterocycles. The van der Waals surface area contributed by atoms with Gasteiger partial charge in [-0.25, -0.2) is 0 Å². The monoisotopic (exact) mass is 329 g/mol. The van der Waals surface area contributed by atoms with E-state index >= 15 is 0 Å². The molecule has 0 saturated carbocycles. The molecule has 0 bridgehead atoms. The van der Waals surface area contributed by atoms with Gasteiger partial charge in [-0.05, 0) is 16.7 Å². The van der Waals surface area contributed by atoms with E-state index < -0.39 is 0 Å². The standard InChI is InChI=1S/C23H24N2/c1-4-10-20(11-5-1)23(21-12-6-2-7-13-21,22-14-8-3-9-15-22)25-18-16-24-17-19-25/h1-15,24H,16-19H2/p+1. The molecule has 1 heterocycles. The second-order valence-electron chi connectivity index (χ2n) is 6.66. The van der Waals surface area contributed by atoms with E-state index in [-0.39, 0.29) is 5.54 Å². The van der Waals surface area contributed by atoms with Crippen LogP contribution in [0.2, 0.25) is 0 Å². The topological polar surface area (TPSA) is 19.9 Å². The first-order valence-electron chi connectivity index (χ1n) is 9.15. The maximum Gasteiger partial charge on any atom is 0.0977 e. The lowest BCUT2D eigenvalue weighted by Crippen LogP contribution is -2.90. The summed E-state index contributed by atoms with van der Waals surface area (Å²) in [4.78, 5) is 2.66. The molecule has 0 amide bonds. The van der Waals surface area contributed by atoms with Gasteiger partial charge in [0.1, 0.15) is 0 Å². The Kier molecular flexibility index (Phi) is 4.64. The second kappa shape index (κ2) is 7.22. The number of hydrogen-bond acceptors (Lipinski definition) is 1. The third-order valence-electron chi connectivity index (χ3n) is 5.26. The van der Waals surface area contributed by atoms with Crippen molar-refractivity contribution in [1.82, 2.24) is 4.90 Å². The molecule has 0 atom stereocenters. The zero-order valence-electron chi connectivity index (χ0n) is 14.5. The molecule has 3 aromatic rings. The summed E-state index contributed by atoms with van der Waals surface area (Å²) in [7, 11) is 0. The van der Waals surface area contributed by atoms with Crippen LogP contribution in [0.25, 0.3) is 0 Å². The Hall–Kier alpha value is -2.42. The average Bonchev–Trinajstić information content (AvgIpc) is 2.72. The van der Waals surface area contributed by atoms with Crippen molar-refractivity contribution in [1.29, 1.82) is 0 Å². The quantitative estimate of drug-likeness (QED) is 0.730. The van der Waals surface area contributed by atoms with E-state index in [1.165, 1.54) is 16.7 Å². The van der Waals surface area contributed by atoms with E-state index in [0.717, 1.165) is 26.2 Å². The molecule has 1 saturated heterocycles. The first kappa shape index (κ1) is 16.1. The Bertz CT molecular complexity index is 681. The van der Waals surface area contributed by atoms with Gasteiger partial charge in [-0.2, -0.15) is 0 Å². The van der Waals surface area contributed by atoms with Crippen LogP contribution < -0.4 is 5.32 Å². The van der Waals surface area contributed by atoms with Crippen LogP contribution in [0.5, 0.6) is 0 Å². The van der Waals surface area contributed by atoms with Crippen molar-refractivity contribution in [3.8, 4) is 0 Å². The van der Waals surface area contributed by atoms with Crippen molar-refractivity contribution >= 4 is 0 Å². The Balaban J connectivity index is 2.01. The van der Waals surface area contributed by atoms with Gasteiger partial charge in [0, 0.05) is 13.1 Å². The van der Waals surface area contributed by atoms with Gasteiger partial charge in [-0.15, -0.1) is 0 Å². The van der Waals surface area contributed by atoms with Crippen LogP contribution in [-0.4, -0.2) is 31.1 Å². The first-order valence-corrected chi connectivity index (χ1v) is 9.15. The van der Waals surface area contributed by atoms with E-state index in [0.29, 0.717) is 0 Å². The third kappa shape index (κ3) is 2.88. The van der Waals surface area contributed by atoms with Crippen molar-refractivity contribution in [2.45, 2.75) is 5.54 Å². The Morgan fingerprint density at radius 2 is 0.920 bits per heavy atom. The molecule has 0 aliphatic carbocycles. The number of nitrogens with zero attached hydrogens (tertiary/aromatic N) is 1. The number of piperazine rings is 1. The molecule has 1 fully saturated rings. The van der Waals surface area contributed by atoms with Crippen molar-refractivity contribution in [3.63, 3.8) is 0 Å². The first-order chi connectivity index (χ1) is 12.4. The third-order valence-corrected chi connectivity index (χ3v) is 5.26. The van der Waals surface area contributed by atoms with Gasteiger partial charge in [-0.1, -0.05) is 91.0 Å². The molecule has 3 aromatic carbocycles. The average molecular weight is 329 g/mol. The maximum absolute atomic E-state index is 2.66. The molecule has 4 rings (SSSR count). The summed E-state index contributed by atoms with van der Waals surface area (Å²) in [5.74, 6) is 0. The van der Waals surface area contributed by atoms with Crippen LogP contribution in [-0.2, 0) is 5.54 Å². The fourth-order valence-electron chi connectivity index (χ4n) is 4.17. The van der Waals surface area contributed by atoms with Crippen LogP contribution in [0.1, 0.15) is 16.7 Å². The summed E-state index contributed by atoms with van der Waals surface area (Å²) in [5.41, 5.74) is 3.79. The van der Waals surface area contributed by atoms with Crippen molar-refractivity contribution in [3.05, 3.63) is 108 Å². The molecule has 25 heavy (non-hydrogen) atoms. The zero-order valence-corrected chi connectivity index (χ0v) is 14.5. The smallest absolute Gasteiger partial charge is 0.0977 e. The zero-order chi connectivity index (χ0) is 17.0. The molecule has 1 aliphatic heterocycles. The normalized spacial score (nSPS) is 15.8. The van der Waals surface area contributed by atoms with E-state index in [1.54, 1.807) is 0 Å². The Morgan fingerprint density at radius 3 is 1.28 bits per heavy atom. The lowest BCUT2D eigenvalue weighted by atomic mass is 9.75. The molecule has 2 nitrogen and oxygen atoms in total. The van der Waals surface area contributed by atoms with Crippen LogP contribution in [0.3, 0.4) is 0 Å². The molecule has 1 aliphatic rings. The molecule has 2 N–H and O–H groups in total. The fourth-order valence-corrected chi connectivity index (χ4v) is 4.17. The lowest BCUT2D eigenvalue weighted by molar-refractivity contribution is -0.664. The molecular weight excluding hydrogens is 304 g/mol. The summed E-state index contributed by atoms with van der Waals surface area (Å²) >= 11 is 0. The molecule has 0 radical (unpaired) electrons. The van der Waals surface area contributed by atoms with Gasteiger partial charge in [0.15, 0.2) is 0 Å². The number of quaternary nitrogens is 1. The lowest BCUT2D eigenvalue weighted by Gasteiger charge is -2.46. The number of nitrogens with two attached hydrogens (primary N) is 1. The molecular formula is C23H25N2+. The summed E-state index contributed by atoms with van der Waals surface area (Å²) < 4.78 is 0. The Labute approximate surface area is 150 Å². The highest BCUT2D eigenvalue weighted by Crippen LogP contribution is 2.42. The van der Waals surface area contributed by atoms with Crippen LogP contribution in [0.4, 0.5) is 0 Å². The van der Waals surface area contributed by atoms with Gasteiger partial charge >= 0.3 is 0 Å². The number of benzene rings is 3. The van der Waals surface area contributed by atoms with Gasteiger partial charge in [-0.3, -0.25) is 4.90 Å². The van der Waals surface area contributed by atoms with Crippen molar-refractivity contribution in [2.24, 2.45) is 0 Å². The summed E-state index contributed by atoms with van der Waals surface area (Å²) in [6.07, 6.45) is 0. The van der Waals surface area contributed by atoms with Crippen molar-refractivity contribution < 1.29 is 5.32 Å². The van der Waals surface area contributed by atoms with E-state index in [1.807, 2.05) is 0 Å². The van der Waals surface area contributed by atoms with Gasteiger partial charge in [0.25, 0.3) is 0 Å². The summed E-state index contributed by atoms with van der Waals surface area (Å²) in [6.45, 7) is 4.46. The molecule has 0 unspecified atom stereocenters. The minimum Gasteiger partial charge on any atom is -0.344 e. The van der Waals surface area contributed by atoms with Gasteiger partial charge in [0.05, 0.1) is 18.6 Å². The minimum absolute atomic E-state index is 0.238. The highest BCUT2D eigenvalue weighted by atomic mass is 15.2. The maximum atomic E-state index is 2.66. The van der Waals surface area contributed by atoms with Crippen LogP contribution in [0, 0.1) is 0 Å². The second-order valence-corrected chi connectivity index (χ2v) is 6.66. The fraction of sp³-hybridized carbons (Fsp3) is 0.217. The highest BCUT2D eigenvalue weighted by Gasteiger charge is 2.42. The number of hydrogen-bond donors (Lipinski definition) is 1. The van der Waals surface area contributed by atoms with Gasteiger partial charge < -0.3 is 5.32 Å². The Morgan fingerprint density at radius 1 is 0.560 bits per heavy atom. The largest absolute Gasteiger partial charge is 0.344 e. The summed E-state index contributed by atoms with van der Waals surface area (Å²) in [6, 6.07) is 32.9. The van der Waals surface area contributed by atoms with Gasteiger partial charge in [0.2, 0.25) is 0 Å². The van der Waals surface area contributed by atoms with Crippen LogP contribution in [0.15, 0.2) is 91.0 Å². The van der Waals surface area contributed by atoms with Crippen LogP contribution >= 0.6 is 0 Å². The van der Waals surface area contributed by atoms with Crippen molar-refractivity contribution in [2.75, 3.05) is 26.2 Å².